The standard InChI is InChI=1S/C25H22N4O2/c1-17(24(30)27-16-18-7-3-2-4-8-18)28-25(31)21-15-23(19-11-13-26-14-12-19)29-22-10-6-5-9-20(21)22/h2-15,17H,16H2,1H3,(H,27,30)(H,28,31). The van der Waals surface area contributed by atoms with Gasteiger partial charge < -0.3 is 10.6 Å². The van der Waals surface area contributed by atoms with Crippen molar-refractivity contribution in [3.63, 3.8) is 0 Å². The van der Waals surface area contributed by atoms with E-state index in [0.717, 1.165) is 16.5 Å². The SMILES string of the molecule is CC(NC(=O)c1cc(-c2ccncc2)nc2ccccc12)C(=O)NCc1ccccc1. The van der Waals surface area contributed by atoms with Crippen LogP contribution in [0.3, 0.4) is 0 Å². The molecular formula is C25H22N4O2. The van der Waals surface area contributed by atoms with E-state index in [2.05, 4.69) is 20.6 Å². The molecule has 2 N–H and O–H groups in total. The maximum absolute atomic E-state index is 13.1. The minimum Gasteiger partial charge on any atom is -0.350 e. The third-order valence-corrected chi connectivity index (χ3v) is 4.99. The zero-order chi connectivity index (χ0) is 21.6. The summed E-state index contributed by atoms with van der Waals surface area (Å²) < 4.78 is 0. The molecule has 1 unspecified atom stereocenters. The van der Waals surface area contributed by atoms with Crippen molar-refractivity contribution < 1.29 is 9.59 Å². The predicted octanol–water partition coefficient (Wildman–Crippen LogP) is 3.73. The van der Waals surface area contributed by atoms with Crippen LogP contribution < -0.4 is 10.6 Å². The molecule has 0 radical (unpaired) electrons. The zero-order valence-electron chi connectivity index (χ0n) is 17.1. The fraction of sp³-hybridized carbons (Fsp3) is 0.120. The summed E-state index contributed by atoms with van der Waals surface area (Å²) in [5.74, 6) is -0.568. The van der Waals surface area contributed by atoms with Gasteiger partial charge in [-0.2, -0.15) is 0 Å². The number of fused-ring (bicyclic) bond motifs is 1. The summed E-state index contributed by atoms with van der Waals surface area (Å²) in [5, 5.41) is 6.40. The van der Waals surface area contributed by atoms with Crippen molar-refractivity contribution >= 4 is 22.7 Å². The summed E-state index contributed by atoms with van der Waals surface area (Å²) in [7, 11) is 0. The molecular weight excluding hydrogens is 388 g/mol. The van der Waals surface area contributed by atoms with Crippen LogP contribution in [0, 0.1) is 0 Å². The third-order valence-electron chi connectivity index (χ3n) is 4.99. The molecule has 0 saturated carbocycles. The Bertz CT molecular complexity index is 1210. The van der Waals surface area contributed by atoms with Crippen molar-refractivity contribution in [3.05, 3.63) is 96.3 Å². The van der Waals surface area contributed by atoms with Crippen LogP contribution in [-0.4, -0.2) is 27.8 Å². The van der Waals surface area contributed by atoms with Gasteiger partial charge in [-0.15, -0.1) is 0 Å². The molecule has 2 heterocycles. The van der Waals surface area contributed by atoms with Crippen LogP contribution in [0.1, 0.15) is 22.8 Å². The van der Waals surface area contributed by atoms with E-state index < -0.39 is 6.04 Å². The lowest BCUT2D eigenvalue weighted by Crippen LogP contribution is -2.44. The lowest BCUT2D eigenvalue weighted by atomic mass is 10.0. The van der Waals surface area contributed by atoms with Crippen molar-refractivity contribution in [1.82, 2.24) is 20.6 Å². The molecule has 4 rings (SSSR count). The van der Waals surface area contributed by atoms with Crippen molar-refractivity contribution in [2.24, 2.45) is 0 Å². The van der Waals surface area contributed by atoms with Gasteiger partial charge in [0.1, 0.15) is 6.04 Å². The molecule has 2 aromatic carbocycles. The highest BCUT2D eigenvalue weighted by Gasteiger charge is 2.19. The maximum Gasteiger partial charge on any atom is 0.252 e. The highest BCUT2D eigenvalue weighted by molar-refractivity contribution is 6.08. The van der Waals surface area contributed by atoms with Gasteiger partial charge in [0.25, 0.3) is 5.91 Å². The Kier molecular flexibility index (Phi) is 5.98. The number of carbonyl (C=O) groups excluding carboxylic acids is 2. The van der Waals surface area contributed by atoms with Gasteiger partial charge in [0.05, 0.1) is 16.8 Å². The van der Waals surface area contributed by atoms with E-state index in [-0.39, 0.29) is 11.8 Å². The number of nitrogens with zero attached hydrogens (tertiary/aromatic N) is 2. The Labute approximate surface area is 180 Å². The van der Waals surface area contributed by atoms with Crippen LogP contribution >= 0.6 is 0 Å². The first-order valence-corrected chi connectivity index (χ1v) is 10.0. The molecule has 1 atom stereocenters. The minimum absolute atomic E-state index is 0.245. The molecule has 4 aromatic rings. The van der Waals surface area contributed by atoms with Gasteiger partial charge in [0.15, 0.2) is 0 Å². The highest BCUT2D eigenvalue weighted by atomic mass is 16.2. The molecule has 0 aliphatic rings. The summed E-state index contributed by atoms with van der Waals surface area (Å²) in [6, 6.07) is 21.9. The van der Waals surface area contributed by atoms with Crippen LogP contribution in [0.4, 0.5) is 0 Å². The smallest absolute Gasteiger partial charge is 0.252 e. The summed E-state index contributed by atoms with van der Waals surface area (Å²) in [4.78, 5) is 34.3. The van der Waals surface area contributed by atoms with Crippen LogP contribution in [-0.2, 0) is 11.3 Å². The second-order valence-corrected chi connectivity index (χ2v) is 7.21. The number of aromatic nitrogens is 2. The molecule has 31 heavy (non-hydrogen) atoms. The average molecular weight is 410 g/mol. The molecule has 2 amide bonds. The third kappa shape index (κ3) is 4.75. The molecule has 6 heteroatoms. The number of para-hydroxylation sites is 1. The summed E-state index contributed by atoms with van der Waals surface area (Å²) in [6.45, 7) is 2.08. The maximum atomic E-state index is 13.1. The van der Waals surface area contributed by atoms with Crippen molar-refractivity contribution in [2.75, 3.05) is 0 Å². The van der Waals surface area contributed by atoms with Gasteiger partial charge in [0, 0.05) is 29.9 Å². The van der Waals surface area contributed by atoms with E-state index in [0.29, 0.717) is 23.3 Å². The van der Waals surface area contributed by atoms with E-state index in [4.69, 9.17) is 0 Å². The van der Waals surface area contributed by atoms with Crippen LogP contribution in [0.2, 0.25) is 0 Å². The first-order chi connectivity index (χ1) is 15.1. The number of amides is 2. The Hall–Kier alpha value is -4.06. The molecule has 0 fully saturated rings. The molecule has 0 saturated heterocycles. The first kappa shape index (κ1) is 20.2. The Morgan fingerprint density at radius 2 is 1.65 bits per heavy atom. The number of hydrogen-bond donors (Lipinski definition) is 2. The summed E-state index contributed by atoms with van der Waals surface area (Å²) in [5.41, 5.74) is 3.72. The van der Waals surface area contributed by atoms with Gasteiger partial charge in [-0.1, -0.05) is 48.5 Å². The second-order valence-electron chi connectivity index (χ2n) is 7.21. The van der Waals surface area contributed by atoms with Crippen molar-refractivity contribution in [3.8, 4) is 11.3 Å². The Balaban J connectivity index is 1.54. The number of hydrogen-bond acceptors (Lipinski definition) is 4. The van der Waals surface area contributed by atoms with Gasteiger partial charge in [-0.05, 0) is 36.8 Å². The normalized spacial score (nSPS) is 11.6. The van der Waals surface area contributed by atoms with Crippen LogP contribution in [0.5, 0.6) is 0 Å². The lowest BCUT2D eigenvalue weighted by Gasteiger charge is -2.16. The second kappa shape index (κ2) is 9.17. The number of pyridine rings is 2. The molecule has 2 aromatic heterocycles. The van der Waals surface area contributed by atoms with Crippen LogP contribution in [0.15, 0.2) is 85.2 Å². The van der Waals surface area contributed by atoms with Gasteiger partial charge in [-0.3, -0.25) is 14.6 Å². The first-order valence-electron chi connectivity index (χ1n) is 10.0. The quantitative estimate of drug-likeness (QED) is 0.507. The fourth-order valence-corrected chi connectivity index (χ4v) is 3.31. The summed E-state index contributed by atoms with van der Waals surface area (Å²) >= 11 is 0. The summed E-state index contributed by atoms with van der Waals surface area (Å²) in [6.07, 6.45) is 3.37. The number of benzene rings is 2. The van der Waals surface area contributed by atoms with Crippen molar-refractivity contribution in [1.29, 1.82) is 0 Å². The molecule has 0 spiro atoms. The average Bonchev–Trinajstić information content (AvgIpc) is 2.83. The predicted molar refractivity (Wildman–Crippen MR) is 120 cm³/mol. The number of rotatable bonds is 6. The molecule has 6 nitrogen and oxygen atoms in total. The van der Waals surface area contributed by atoms with E-state index in [1.54, 1.807) is 25.4 Å². The van der Waals surface area contributed by atoms with E-state index >= 15 is 0 Å². The molecule has 0 bridgehead atoms. The van der Waals surface area contributed by atoms with Crippen molar-refractivity contribution in [2.45, 2.75) is 19.5 Å². The molecule has 0 aliphatic heterocycles. The van der Waals surface area contributed by atoms with E-state index in [9.17, 15) is 9.59 Å². The molecule has 154 valence electrons. The topological polar surface area (TPSA) is 84.0 Å². The Morgan fingerprint density at radius 1 is 0.935 bits per heavy atom. The van der Waals surface area contributed by atoms with E-state index in [1.807, 2.05) is 66.7 Å². The highest BCUT2D eigenvalue weighted by Crippen LogP contribution is 2.24. The number of carbonyl (C=O) groups is 2. The zero-order valence-corrected chi connectivity index (χ0v) is 17.1. The van der Waals surface area contributed by atoms with Gasteiger partial charge in [-0.25, -0.2) is 4.98 Å². The van der Waals surface area contributed by atoms with Crippen LogP contribution in [0.25, 0.3) is 22.2 Å². The monoisotopic (exact) mass is 410 g/mol. The number of nitrogens with one attached hydrogen (secondary N) is 2. The largest absolute Gasteiger partial charge is 0.350 e. The minimum atomic E-state index is -0.687. The lowest BCUT2D eigenvalue weighted by molar-refractivity contribution is -0.122. The van der Waals surface area contributed by atoms with E-state index in [1.165, 1.54) is 0 Å². The fourth-order valence-electron chi connectivity index (χ4n) is 3.31. The molecule has 0 aliphatic carbocycles. The van der Waals surface area contributed by atoms with Gasteiger partial charge >= 0.3 is 0 Å². The van der Waals surface area contributed by atoms with Gasteiger partial charge in [0.2, 0.25) is 5.91 Å². The Morgan fingerprint density at radius 3 is 2.42 bits per heavy atom.